The molecule has 2 aliphatic rings. The number of aliphatic hydroxyl groups is 1. The number of carbonyl (C=O) groups is 1. The molecule has 2 atom stereocenters. The quantitative estimate of drug-likeness (QED) is 0.664. The van der Waals surface area contributed by atoms with Gasteiger partial charge in [0, 0.05) is 67.1 Å². The van der Waals surface area contributed by atoms with Crippen LogP contribution >= 0.6 is 11.6 Å². The first-order chi connectivity index (χ1) is 15.5. The van der Waals surface area contributed by atoms with Crippen LogP contribution in [0.5, 0.6) is 0 Å². The van der Waals surface area contributed by atoms with Gasteiger partial charge in [0.1, 0.15) is 0 Å². The second kappa shape index (κ2) is 8.70. The summed E-state index contributed by atoms with van der Waals surface area (Å²) in [5.41, 5.74) is 3.95. The molecular formula is C25H27ClN4O2. The van der Waals surface area contributed by atoms with Crippen molar-refractivity contribution in [3.05, 3.63) is 70.9 Å². The molecule has 1 aromatic heterocycles. The molecule has 2 fully saturated rings. The third kappa shape index (κ3) is 3.94. The number of carbonyl (C=O) groups excluding carboxylic acids is 1. The number of aryl methyl sites for hydroxylation is 1. The topological polar surface area (TPSA) is 59.9 Å². The molecule has 32 heavy (non-hydrogen) atoms. The van der Waals surface area contributed by atoms with Gasteiger partial charge in [0.25, 0.3) is 5.91 Å². The van der Waals surface area contributed by atoms with Crippen LogP contribution in [0.25, 0.3) is 10.9 Å². The van der Waals surface area contributed by atoms with E-state index in [4.69, 9.17) is 11.6 Å². The van der Waals surface area contributed by atoms with E-state index in [1.165, 1.54) is 0 Å². The first-order valence-corrected chi connectivity index (χ1v) is 11.5. The molecule has 6 nitrogen and oxygen atoms in total. The van der Waals surface area contributed by atoms with Crippen LogP contribution in [0.15, 0.2) is 54.7 Å². The molecule has 166 valence electrons. The predicted octanol–water partition coefficient (Wildman–Crippen LogP) is 3.20. The van der Waals surface area contributed by atoms with E-state index >= 15 is 0 Å². The molecule has 1 N–H and O–H groups in total. The molecule has 1 unspecified atom stereocenters. The van der Waals surface area contributed by atoms with E-state index in [9.17, 15) is 9.90 Å². The first-order valence-electron chi connectivity index (χ1n) is 11.1. The molecule has 7 heteroatoms. The van der Waals surface area contributed by atoms with Gasteiger partial charge >= 0.3 is 0 Å². The second-order valence-corrected chi connectivity index (χ2v) is 9.11. The van der Waals surface area contributed by atoms with E-state index in [1.54, 1.807) is 24.3 Å². The average Bonchev–Trinajstić information content (AvgIpc) is 3.20. The lowest BCUT2D eigenvalue weighted by molar-refractivity contribution is 0.0376. The van der Waals surface area contributed by atoms with E-state index in [0.29, 0.717) is 30.2 Å². The van der Waals surface area contributed by atoms with Crippen LogP contribution in [0, 0.1) is 6.92 Å². The van der Waals surface area contributed by atoms with Gasteiger partial charge in [-0.05, 0) is 42.8 Å². The molecule has 0 radical (unpaired) electrons. The summed E-state index contributed by atoms with van der Waals surface area (Å²) in [6, 6.07) is 15.4. The normalized spacial score (nSPS) is 22.0. The van der Waals surface area contributed by atoms with Gasteiger partial charge in [-0.25, -0.2) is 0 Å². The first kappa shape index (κ1) is 21.2. The van der Waals surface area contributed by atoms with Crippen molar-refractivity contribution in [3.8, 4) is 0 Å². The number of nitrogens with zero attached hydrogens (tertiary/aromatic N) is 4. The van der Waals surface area contributed by atoms with Gasteiger partial charge in [0.15, 0.2) is 0 Å². The summed E-state index contributed by atoms with van der Waals surface area (Å²) in [5, 5.41) is 12.6. The van der Waals surface area contributed by atoms with Crippen LogP contribution < -0.4 is 4.90 Å². The van der Waals surface area contributed by atoms with Crippen LogP contribution in [-0.2, 0) is 0 Å². The largest absolute Gasteiger partial charge is 0.390 e. The minimum atomic E-state index is -0.429. The molecule has 0 saturated carbocycles. The molecule has 2 aliphatic heterocycles. The molecule has 2 saturated heterocycles. The van der Waals surface area contributed by atoms with Crippen molar-refractivity contribution in [1.29, 1.82) is 0 Å². The number of aromatic nitrogens is 1. The Kier molecular flexibility index (Phi) is 5.76. The van der Waals surface area contributed by atoms with Gasteiger partial charge in [0.05, 0.1) is 17.7 Å². The SMILES string of the molecule is Cc1cccc2c(N3CC(N4CCN(C(=O)c5ccc(Cl)cc5)CC4)[C@H](O)C3)ccnc12. The van der Waals surface area contributed by atoms with Crippen LogP contribution in [0.3, 0.4) is 0 Å². The fourth-order valence-corrected chi connectivity index (χ4v) is 5.07. The Balaban J connectivity index is 1.26. The highest BCUT2D eigenvalue weighted by Gasteiger charge is 2.38. The Bertz CT molecular complexity index is 1130. The van der Waals surface area contributed by atoms with Gasteiger partial charge in [-0.1, -0.05) is 29.8 Å². The fourth-order valence-electron chi connectivity index (χ4n) is 4.94. The maximum atomic E-state index is 12.8. The Hall–Kier alpha value is -2.67. The minimum Gasteiger partial charge on any atom is -0.390 e. The van der Waals surface area contributed by atoms with Crippen LogP contribution in [0.4, 0.5) is 5.69 Å². The van der Waals surface area contributed by atoms with E-state index < -0.39 is 6.10 Å². The van der Waals surface area contributed by atoms with Crippen molar-refractivity contribution in [2.45, 2.75) is 19.1 Å². The van der Waals surface area contributed by atoms with Gasteiger partial charge in [0.2, 0.25) is 0 Å². The number of rotatable bonds is 3. The smallest absolute Gasteiger partial charge is 0.253 e. The van der Waals surface area contributed by atoms with E-state index in [2.05, 4.69) is 39.9 Å². The summed E-state index contributed by atoms with van der Waals surface area (Å²) in [6.07, 6.45) is 1.42. The lowest BCUT2D eigenvalue weighted by Crippen LogP contribution is -2.54. The molecule has 5 rings (SSSR count). The summed E-state index contributed by atoms with van der Waals surface area (Å²) >= 11 is 5.94. The number of hydrogen-bond donors (Lipinski definition) is 1. The highest BCUT2D eigenvalue weighted by atomic mass is 35.5. The van der Waals surface area contributed by atoms with Gasteiger partial charge in [-0.15, -0.1) is 0 Å². The van der Waals surface area contributed by atoms with E-state index in [-0.39, 0.29) is 11.9 Å². The Labute approximate surface area is 193 Å². The third-order valence-electron chi connectivity index (χ3n) is 6.71. The lowest BCUT2D eigenvalue weighted by atomic mass is 10.1. The molecule has 0 spiro atoms. The zero-order valence-corrected chi connectivity index (χ0v) is 18.9. The number of para-hydroxylation sites is 1. The van der Waals surface area contributed by atoms with Crippen molar-refractivity contribution >= 4 is 34.1 Å². The monoisotopic (exact) mass is 450 g/mol. The number of benzene rings is 2. The van der Waals surface area contributed by atoms with Crippen LogP contribution in [0.1, 0.15) is 15.9 Å². The number of pyridine rings is 1. The molecular weight excluding hydrogens is 424 g/mol. The number of hydrogen-bond acceptors (Lipinski definition) is 5. The summed E-state index contributed by atoms with van der Waals surface area (Å²) < 4.78 is 0. The third-order valence-corrected chi connectivity index (χ3v) is 6.96. The number of halogens is 1. The zero-order chi connectivity index (χ0) is 22.2. The van der Waals surface area contributed by atoms with Crippen molar-refractivity contribution in [1.82, 2.24) is 14.8 Å². The molecule has 0 bridgehead atoms. The van der Waals surface area contributed by atoms with Gasteiger partial charge < -0.3 is 14.9 Å². The summed E-state index contributed by atoms with van der Waals surface area (Å²) in [6.45, 7) is 6.26. The molecule has 0 aliphatic carbocycles. The van der Waals surface area contributed by atoms with Crippen molar-refractivity contribution in [2.24, 2.45) is 0 Å². The van der Waals surface area contributed by atoms with Crippen molar-refractivity contribution in [3.63, 3.8) is 0 Å². The highest BCUT2D eigenvalue weighted by Crippen LogP contribution is 2.31. The molecule has 3 heterocycles. The number of amides is 1. The Morgan fingerprint density at radius 2 is 1.78 bits per heavy atom. The van der Waals surface area contributed by atoms with Crippen LogP contribution in [0.2, 0.25) is 5.02 Å². The average molecular weight is 451 g/mol. The van der Waals surface area contributed by atoms with Crippen LogP contribution in [-0.4, -0.2) is 77.2 Å². The van der Waals surface area contributed by atoms with Gasteiger partial charge in [-0.2, -0.15) is 0 Å². The lowest BCUT2D eigenvalue weighted by Gasteiger charge is -2.38. The zero-order valence-electron chi connectivity index (χ0n) is 18.1. The number of fused-ring (bicyclic) bond motifs is 1. The molecule has 1 amide bonds. The van der Waals surface area contributed by atoms with E-state index in [1.807, 2.05) is 17.2 Å². The Morgan fingerprint density at radius 3 is 2.53 bits per heavy atom. The fraction of sp³-hybridized carbons (Fsp3) is 0.360. The Morgan fingerprint density at radius 1 is 1.03 bits per heavy atom. The second-order valence-electron chi connectivity index (χ2n) is 8.68. The van der Waals surface area contributed by atoms with Gasteiger partial charge in [-0.3, -0.25) is 14.7 Å². The molecule has 3 aromatic rings. The van der Waals surface area contributed by atoms with Crippen molar-refractivity contribution < 1.29 is 9.90 Å². The standard InChI is InChI=1S/C25H27ClN4O2/c1-17-3-2-4-20-21(9-10-27-24(17)20)30-15-22(23(31)16-30)28-11-13-29(14-12-28)25(32)18-5-7-19(26)8-6-18/h2-10,22-23,31H,11-16H2,1H3/t22?,23-/m1/s1. The van der Waals surface area contributed by atoms with E-state index in [0.717, 1.165) is 41.8 Å². The number of β-amino-alcohol motifs (C(OH)–C–C–N with tert-alkyl or cyclic N) is 1. The number of aliphatic hydroxyl groups excluding tert-OH is 1. The highest BCUT2D eigenvalue weighted by molar-refractivity contribution is 6.30. The number of anilines is 1. The maximum Gasteiger partial charge on any atom is 0.253 e. The summed E-state index contributed by atoms with van der Waals surface area (Å²) in [4.78, 5) is 23.8. The summed E-state index contributed by atoms with van der Waals surface area (Å²) in [7, 11) is 0. The summed E-state index contributed by atoms with van der Waals surface area (Å²) in [5.74, 6) is 0.0357. The minimum absolute atomic E-state index is 0.0357. The maximum absolute atomic E-state index is 12.8. The number of piperazine rings is 1. The van der Waals surface area contributed by atoms with Crippen molar-refractivity contribution in [2.75, 3.05) is 44.2 Å². The predicted molar refractivity (Wildman–Crippen MR) is 127 cm³/mol. The molecule has 2 aromatic carbocycles.